The molecule has 2 nitrogen and oxygen atoms in total. The summed E-state index contributed by atoms with van der Waals surface area (Å²) in [6.45, 7) is 10.3. The third kappa shape index (κ3) is 4.16. The van der Waals surface area contributed by atoms with E-state index in [9.17, 15) is 8.78 Å². The van der Waals surface area contributed by atoms with Crippen LogP contribution < -0.4 is 10.2 Å². The molecular formula is C17H26F2N2. The lowest BCUT2D eigenvalue weighted by atomic mass is 9.82. The van der Waals surface area contributed by atoms with Crippen molar-refractivity contribution in [2.24, 2.45) is 5.41 Å². The minimum Gasteiger partial charge on any atom is -0.367 e. The van der Waals surface area contributed by atoms with Crippen LogP contribution in [0.3, 0.4) is 0 Å². The Morgan fingerprint density at radius 2 is 1.67 bits per heavy atom. The Hall–Kier alpha value is -1.16. The highest BCUT2D eigenvalue weighted by Crippen LogP contribution is 2.34. The van der Waals surface area contributed by atoms with E-state index in [2.05, 4.69) is 19.2 Å². The maximum absolute atomic E-state index is 14.3. The first-order valence-electron chi connectivity index (χ1n) is 7.75. The molecule has 0 unspecified atom stereocenters. The van der Waals surface area contributed by atoms with Gasteiger partial charge in [-0.05, 0) is 36.0 Å². The second-order valence-corrected chi connectivity index (χ2v) is 7.09. The smallest absolute Gasteiger partial charge is 0.149 e. The van der Waals surface area contributed by atoms with E-state index in [4.69, 9.17) is 0 Å². The number of nitrogens with zero attached hydrogens (tertiary/aromatic N) is 1. The Morgan fingerprint density at radius 1 is 1.14 bits per heavy atom. The number of hydrogen-bond acceptors (Lipinski definition) is 2. The molecule has 1 saturated heterocycles. The molecule has 0 radical (unpaired) electrons. The molecule has 1 aromatic rings. The summed E-state index contributed by atoms with van der Waals surface area (Å²) in [5.41, 5.74) is 1.06. The molecule has 1 heterocycles. The maximum Gasteiger partial charge on any atom is 0.149 e. The van der Waals surface area contributed by atoms with Crippen molar-refractivity contribution in [1.29, 1.82) is 0 Å². The minimum atomic E-state index is -0.449. The first kappa shape index (κ1) is 16.2. The van der Waals surface area contributed by atoms with Gasteiger partial charge in [0.25, 0.3) is 0 Å². The van der Waals surface area contributed by atoms with E-state index >= 15 is 0 Å². The largest absolute Gasteiger partial charge is 0.367 e. The fraction of sp³-hybridized carbons (Fsp3) is 0.647. The third-order valence-electron chi connectivity index (χ3n) is 4.22. The number of benzene rings is 1. The third-order valence-corrected chi connectivity index (χ3v) is 4.22. The van der Waals surface area contributed by atoms with Crippen LogP contribution in [-0.4, -0.2) is 19.1 Å². The lowest BCUT2D eigenvalue weighted by molar-refractivity contribution is 0.278. The second-order valence-electron chi connectivity index (χ2n) is 7.09. The van der Waals surface area contributed by atoms with Gasteiger partial charge in [0.2, 0.25) is 0 Å². The predicted molar refractivity (Wildman–Crippen MR) is 83.6 cm³/mol. The molecule has 21 heavy (non-hydrogen) atoms. The van der Waals surface area contributed by atoms with Crippen LogP contribution in [-0.2, 0) is 6.54 Å². The summed E-state index contributed by atoms with van der Waals surface area (Å²) in [5.74, 6) is -0.898. The molecule has 0 aromatic heterocycles. The number of anilines is 1. The van der Waals surface area contributed by atoms with E-state index in [1.54, 1.807) is 0 Å². The van der Waals surface area contributed by atoms with E-state index in [1.165, 1.54) is 12.1 Å². The first-order valence-corrected chi connectivity index (χ1v) is 7.75. The van der Waals surface area contributed by atoms with E-state index in [1.807, 2.05) is 18.7 Å². The topological polar surface area (TPSA) is 15.3 Å². The van der Waals surface area contributed by atoms with Gasteiger partial charge in [-0.1, -0.05) is 27.7 Å². The molecule has 0 spiro atoms. The second kappa shape index (κ2) is 6.30. The fourth-order valence-electron chi connectivity index (χ4n) is 2.68. The van der Waals surface area contributed by atoms with Crippen LogP contribution in [0.25, 0.3) is 0 Å². The van der Waals surface area contributed by atoms with Crippen LogP contribution >= 0.6 is 0 Å². The Bertz CT molecular complexity index is 465. The zero-order valence-corrected chi connectivity index (χ0v) is 13.5. The number of halogens is 2. The Morgan fingerprint density at radius 3 is 2.14 bits per heavy atom. The van der Waals surface area contributed by atoms with Crippen molar-refractivity contribution in [3.8, 4) is 0 Å². The molecule has 0 aliphatic carbocycles. The zero-order chi connectivity index (χ0) is 15.6. The van der Waals surface area contributed by atoms with Gasteiger partial charge in [0.15, 0.2) is 0 Å². The number of piperidine rings is 1. The summed E-state index contributed by atoms with van der Waals surface area (Å²) in [7, 11) is 0. The fourth-order valence-corrected chi connectivity index (χ4v) is 2.68. The van der Waals surface area contributed by atoms with Crippen molar-refractivity contribution in [3.63, 3.8) is 0 Å². The molecule has 1 N–H and O–H groups in total. The van der Waals surface area contributed by atoms with Gasteiger partial charge in [0, 0.05) is 25.7 Å². The number of rotatable bonds is 4. The van der Waals surface area contributed by atoms with Gasteiger partial charge < -0.3 is 10.2 Å². The van der Waals surface area contributed by atoms with Crippen molar-refractivity contribution in [1.82, 2.24) is 5.32 Å². The van der Waals surface area contributed by atoms with Crippen molar-refractivity contribution in [3.05, 3.63) is 29.3 Å². The Kier molecular flexibility index (Phi) is 4.87. The van der Waals surface area contributed by atoms with Gasteiger partial charge in [0.1, 0.15) is 17.3 Å². The summed E-state index contributed by atoms with van der Waals surface area (Å²) < 4.78 is 28.6. The summed E-state index contributed by atoms with van der Waals surface area (Å²) >= 11 is 0. The lowest BCUT2D eigenvalue weighted by Crippen LogP contribution is -2.38. The standard InChI is InChI=1S/C17H26F2N2/c1-12(2)20-11-13-9-14(18)16(15(19)10-13)21-7-5-17(3,4)6-8-21/h9-10,12,20H,5-8,11H2,1-4H3. The average Bonchev–Trinajstić information content (AvgIpc) is 2.37. The lowest BCUT2D eigenvalue weighted by Gasteiger charge is -2.38. The Labute approximate surface area is 126 Å². The molecular weight excluding hydrogens is 270 g/mol. The monoisotopic (exact) mass is 296 g/mol. The SMILES string of the molecule is CC(C)NCc1cc(F)c(N2CCC(C)(C)CC2)c(F)c1. The summed E-state index contributed by atoms with van der Waals surface area (Å²) in [6, 6.07) is 3.20. The molecule has 1 aliphatic rings. The van der Waals surface area contributed by atoms with Gasteiger partial charge in [-0.15, -0.1) is 0 Å². The van der Waals surface area contributed by atoms with Crippen LogP contribution in [0, 0.1) is 17.0 Å². The number of hydrogen-bond donors (Lipinski definition) is 1. The molecule has 0 saturated carbocycles. The van der Waals surface area contributed by atoms with Crippen LogP contribution in [0.4, 0.5) is 14.5 Å². The minimum absolute atomic E-state index is 0.138. The maximum atomic E-state index is 14.3. The van der Waals surface area contributed by atoms with Crippen LogP contribution in [0.1, 0.15) is 46.1 Å². The van der Waals surface area contributed by atoms with Crippen LogP contribution in [0.5, 0.6) is 0 Å². The molecule has 4 heteroatoms. The first-order chi connectivity index (χ1) is 9.78. The molecule has 0 amide bonds. The van der Waals surface area contributed by atoms with Gasteiger partial charge >= 0.3 is 0 Å². The van der Waals surface area contributed by atoms with Gasteiger partial charge in [-0.3, -0.25) is 0 Å². The van der Waals surface area contributed by atoms with E-state index in [0.29, 0.717) is 31.2 Å². The average molecular weight is 296 g/mol. The predicted octanol–water partition coefficient (Wildman–Crippen LogP) is 4.09. The highest BCUT2D eigenvalue weighted by atomic mass is 19.1. The van der Waals surface area contributed by atoms with Crippen molar-refractivity contribution < 1.29 is 8.78 Å². The summed E-state index contributed by atoms with van der Waals surface area (Å²) in [5, 5.41) is 3.18. The zero-order valence-electron chi connectivity index (χ0n) is 13.5. The molecule has 1 aliphatic heterocycles. The van der Waals surface area contributed by atoms with E-state index < -0.39 is 11.6 Å². The Balaban J connectivity index is 2.14. The van der Waals surface area contributed by atoms with E-state index in [0.717, 1.165) is 12.8 Å². The van der Waals surface area contributed by atoms with Gasteiger partial charge in [-0.25, -0.2) is 8.78 Å². The highest BCUT2D eigenvalue weighted by molar-refractivity contribution is 5.51. The highest BCUT2D eigenvalue weighted by Gasteiger charge is 2.28. The molecule has 2 rings (SSSR count). The summed E-state index contributed by atoms with van der Waals surface area (Å²) in [4.78, 5) is 1.84. The molecule has 0 atom stereocenters. The van der Waals surface area contributed by atoms with Crippen molar-refractivity contribution >= 4 is 5.69 Å². The van der Waals surface area contributed by atoms with Crippen molar-refractivity contribution in [2.75, 3.05) is 18.0 Å². The normalized spacial score (nSPS) is 18.3. The number of nitrogens with one attached hydrogen (secondary N) is 1. The molecule has 1 aromatic carbocycles. The molecule has 1 fully saturated rings. The molecule has 118 valence electrons. The summed E-state index contributed by atoms with van der Waals surface area (Å²) in [6.07, 6.45) is 1.92. The van der Waals surface area contributed by atoms with E-state index in [-0.39, 0.29) is 11.1 Å². The quantitative estimate of drug-likeness (QED) is 0.900. The molecule has 0 bridgehead atoms. The van der Waals surface area contributed by atoms with Crippen LogP contribution in [0.2, 0.25) is 0 Å². The van der Waals surface area contributed by atoms with Gasteiger partial charge in [0.05, 0.1) is 0 Å². The van der Waals surface area contributed by atoms with Gasteiger partial charge in [-0.2, -0.15) is 0 Å². The van der Waals surface area contributed by atoms with Crippen molar-refractivity contribution in [2.45, 2.75) is 53.1 Å². The van der Waals surface area contributed by atoms with Crippen LogP contribution in [0.15, 0.2) is 12.1 Å².